The third kappa shape index (κ3) is 1.87. The highest BCUT2D eigenvalue weighted by molar-refractivity contribution is 5.82. The summed E-state index contributed by atoms with van der Waals surface area (Å²) in [6.07, 6.45) is 3.69. The second-order valence-corrected chi connectivity index (χ2v) is 6.40. The largest absolute Gasteiger partial charge is 0.508 e. The number of ketones is 1. The molecule has 0 unspecified atom stereocenters. The quantitative estimate of drug-likeness (QED) is 0.828. The molecule has 1 aromatic carbocycles. The van der Waals surface area contributed by atoms with Gasteiger partial charge in [0.2, 0.25) is 0 Å². The normalized spacial score (nSPS) is 37.5. The second kappa shape index (κ2) is 4.88. The minimum atomic E-state index is -0.388. The molecule has 0 aliphatic heterocycles. The molecule has 20 heavy (non-hydrogen) atoms. The predicted molar refractivity (Wildman–Crippen MR) is 76.5 cm³/mol. The number of hydrogen-bond donors (Lipinski definition) is 2. The number of phenols is 1. The standard InChI is InChI=1S/C17H22O3/c1-11-14-3-2-4-16(20)17(14,10-9-15(11)19)12-5-7-13(18)8-6-12/h5-8,11,14,16,18,20H,2-4,9-10H2,1H3/t11-,14-,16-,17+/m0/s1. The van der Waals surface area contributed by atoms with Gasteiger partial charge in [-0.05, 0) is 42.9 Å². The van der Waals surface area contributed by atoms with Gasteiger partial charge in [-0.2, -0.15) is 0 Å². The van der Waals surface area contributed by atoms with Gasteiger partial charge in [-0.25, -0.2) is 0 Å². The van der Waals surface area contributed by atoms with Crippen LogP contribution >= 0.6 is 0 Å². The number of Topliss-reactive ketones (excluding diaryl/α,β-unsaturated/α-hetero) is 1. The Hall–Kier alpha value is -1.35. The fourth-order valence-electron chi connectivity index (χ4n) is 4.45. The van der Waals surface area contributed by atoms with Crippen LogP contribution in [0.1, 0.15) is 44.6 Å². The van der Waals surface area contributed by atoms with Crippen LogP contribution in [0.5, 0.6) is 5.75 Å². The number of carbonyl (C=O) groups is 1. The van der Waals surface area contributed by atoms with Crippen molar-refractivity contribution in [3.63, 3.8) is 0 Å². The lowest BCUT2D eigenvalue weighted by atomic mass is 9.52. The van der Waals surface area contributed by atoms with E-state index in [1.807, 2.05) is 19.1 Å². The molecule has 0 spiro atoms. The Morgan fingerprint density at radius 1 is 1.20 bits per heavy atom. The van der Waals surface area contributed by atoms with Crippen molar-refractivity contribution in [2.45, 2.75) is 50.5 Å². The summed E-state index contributed by atoms with van der Waals surface area (Å²) in [5.74, 6) is 0.815. The lowest BCUT2D eigenvalue weighted by Gasteiger charge is -2.53. The van der Waals surface area contributed by atoms with Crippen LogP contribution in [0.25, 0.3) is 0 Å². The number of benzene rings is 1. The minimum Gasteiger partial charge on any atom is -0.508 e. The highest BCUT2D eigenvalue weighted by atomic mass is 16.3. The van der Waals surface area contributed by atoms with Crippen LogP contribution in [0.3, 0.4) is 0 Å². The fraction of sp³-hybridized carbons (Fsp3) is 0.588. The third-order valence-corrected chi connectivity index (χ3v) is 5.55. The molecule has 2 N–H and O–H groups in total. The number of aromatic hydroxyl groups is 1. The van der Waals surface area contributed by atoms with Crippen molar-refractivity contribution in [3.05, 3.63) is 29.8 Å². The Kier molecular flexibility index (Phi) is 3.33. The molecule has 0 heterocycles. The molecular formula is C17H22O3. The van der Waals surface area contributed by atoms with E-state index in [4.69, 9.17) is 0 Å². The van der Waals surface area contributed by atoms with E-state index in [1.165, 1.54) is 0 Å². The molecule has 0 aromatic heterocycles. The van der Waals surface area contributed by atoms with Gasteiger partial charge in [0.15, 0.2) is 0 Å². The highest BCUT2D eigenvalue weighted by Crippen LogP contribution is 2.53. The van der Waals surface area contributed by atoms with E-state index in [0.717, 1.165) is 31.2 Å². The lowest BCUT2D eigenvalue weighted by Crippen LogP contribution is -2.55. The molecule has 108 valence electrons. The number of fused-ring (bicyclic) bond motifs is 1. The Morgan fingerprint density at radius 3 is 2.60 bits per heavy atom. The summed E-state index contributed by atoms with van der Waals surface area (Å²) in [5.41, 5.74) is 0.770. The lowest BCUT2D eigenvalue weighted by molar-refractivity contribution is -0.134. The molecule has 2 aliphatic carbocycles. The van der Waals surface area contributed by atoms with Crippen LogP contribution < -0.4 is 0 Å². The molecule has 2 saturated carbocycles. The van der Waals surface area contributed by atoms with E-state index in [-0.39, 0.29) is 29.1 Å². The van der Waals surface area contributed by atoms with Crippen LogP contribution in [-0.2, 0) is 10.2 Å². The summed E-state index contributed by atoms with van der Waals surface area (Å²) in [4.78, 5) is 12.1. The predicted octanol–water partition coefficient (Wildman–Crippen LogP) is 2.79. The van der Waals surface area contributed by atoms with Crippen LogP contribution in [0, 0.1) is 11.8 Å². The molecule has 3 rings (SSSR count). The molecule has 0 radical (unpaired) electrons. The topological polar surface area (TPSA) is 57.5 Å². The molecule has 1 aromatic rings. The zero-order chi connectivity index (χ0) is 14.3. The van der Waals surface area contributed by atoms with Gasteiger partial charge in [-0.15, -0.1) is 0 Å². The monoisotopic (exact) mass is 274 g/mol. The van der Waals surface area contributed by atoms with Gasteiger partial charge >= 0.3 is 0 Å². The summed E-state index contributed by atoms with van der Waals surface area (Å²) in [6.45, 7) is 2.01. The first-order valence-electron chi connectivity index (χ1n) is 7.56. The van der Waals surface area contributed by atoms with Gasteiger partial charge in [-0.1, -0.05) is 25.5 Å². The van der Waals surface area contributed by atoms with Crippen molar-refractivity contribution < 1.29 is 15.0 Å². The van der Waals surface area contributed by atoms with E-state index in [1.54, 1.807) is 12.1 Å². The number of aliphatic hydroxyl groups excluding tert-OH is 1. The van der Waals surface area contributed by atoms with Gasteiger partial charge in [0.1, 0.15) is 11.5 Å². The Bertz CT molecular complexity index is 507. The summed E-state index contributed by atoms with van der Waals surface area (Å²) in [6, 6.07) is 7.20. The van der Waals surface area contributed by atoms with Crippen molar-refractivity contribution in [1.29, 1.82) is 0 Å². The van der Waals surface area contributed by atoms with Gasteiger partial charge in [-0.3, -0.25) is 4.79 Å². The first kappa shape index (κ1) is 13.6. The van der Waals surface area contributed by atoms with E-state index in [9.17, 15) is 15.0 Å². The van der Waals surface area contributed by atoms with Crippen LogP contribution in [0.4, 0.5) is 0 Å². The molecule has 0 amide bonds. The van der Waals surface area contributed by atoms with Crippen molar-refractivity contribution >= 4 is 5.78 Å². The number of hydrogen-bond acceptors (Lipinski definition) is 3. The van der Waals surface area contributed by atoms with E-state index in [0.29, 0.717) is 12.2 Å². The SMILES string of the molecule is C[C@@H]1C(=O)CC[C@]2(c3ccc(O)cc3)[C@@H](O)CCC[C@@H]12. The van der Waals surface area contributed by atoms with E-state index in [2.05, 4.69) is 0 Å². The molecule has 0 saturated heterocycles. The zero-order valence-electron chi connectivity index (χ0n) is 11.9. The second-order valence-electron chi connectivity index (χ2n) is 6.40. The summed E-state index contributed by atoms with van der Waals surface area (Å²) >= 11 is 0. The third-order valence-electron chi connectivity index (χ3n) is 5.55. The fourth-order valence-corrected chi connectivity index (χ4v) is 4.45. The Labute approximate surface area is 119 Å². The first-order valence-corrected chi connectivity index (χ1v) is 7.56. The zero-order valence-corrected chi connectivity index (χ0v) is 11.9. The summed E-state index contributed by atoms with van der Waals surface area (Å²) in [7, 11) is 0. The molecule has 0 bridgehead atoms. The summed E-state index contributed by atoms with van der Waals surface area (Å²) < 4.78 is 0. The number of aliphatic hydroxyl groups is 1. The smallest absolute Gasteiger partial charge is 0.136 e. The number of phenolic OH excluding ortho intramolecular Hbond substituents is 1. The maximum Gasteiger partial charge on any atom is 0.136 e. The van der Waals surface area contributed by atoms with E-state index >= 15 is 0 Å². The van der Waals surface area contributed by atoms with Gasteiger partial charge in [0, 0.05) is 17.8 Å². The van der Waals surface area contributed by atoms with Crippen LogP contribution in [-0.4, -0.2) is 22.1 Å². The van der Waals surface area contributed by atoms with Crippen molar-refractivity contribution in [2.75, 3.05) is 0 Å². The van der Waals surface area contributed by atoms with Gasteiger partial charge in [0.25, 0.3) is 0 Å². The number of rotatable bonds is 1. The van der Waals surface area contributed by atoms with Gasteiger partial charge < -0.3 is 10.2 Å². The van der Waals surface area contributed by atoms with Crippen LogP contribution in [0.15, 0.2) is 24.3 Å². The molecule has 3 nitrogen and oxygen atoms in total. The maximum atomic E-state index is 12.1. The Morgan fingerprint density at radius 2 is 1.90 bits per heavy atom. The van der Waals surface area contributed by atoms with Crippen molar-refractivity contribution in [3.8, 4) is 5.75 Å². The first-order chi connectivity index (χ1) is 9.55. The summed E-state index contributed by atoms with van der Waals surface area (Å²) in [5, 5.41) is 20.2. The Balaban J connectivity index is 2.08. The molecule has 2 aliphatic rings. The average molecular weight is 274 g/mol. The average Bonchev–Trinajstić information content (AvgIpc) is 2.45. The molecule has 4 atom stereocenters. The number of carbonyl (C=O) groups excluding carboxylic acids is 1. The minimum absolute atomic E-state index is 0.0208. The highest BCUT2D eigenvalue weighted by Gasteiger charge is 2.53. The maximum absolute atomic E-state index is 12.1. The van der Waals surface area contributed by atoms with Gasteiger partial charge in [0.05, 0.1) is 6.10 Å². The molecule has 2 fully saturated rings. The van der Waals surface area contributed by atoms with Crippen molar-refractivity contribution in [2.24, 2.45) is 11.8 Å². The molecular weight excluding hydrogens is 252 g/mol. The van der Waals surface area contributed by atoms with Crippen molar-refractivity contribution in [1.82, 2.24) is 0 Å². The van der Waals surface area contributed by atoms with E-state index < -0.39 is 0 Å². The van der Waals surface area contributed by atoms with Crippen LogP contribution in [0.2, 0.25) is 0 Å². The molecule has 3 heteroatoms.